The summed E-state index contributed by atoms with van der Waals surface area (Å²) in [5.74, 6) is 0.00397. The highest BCUT2D eigenvalue weighted by molar-refractivity contribution is 5.97. The van der Waals surface area contributed by atoms with Crippen LogP contribution in [0.15, 0.2) is 54.7 Å². The molecule has 1 unspecified atom stereocenters. The maximum atomic E-state index is 12.3. The van der Waals surface area contributed by atoms with E-state index < -0.39 is 66.1 Å². The normalized spacial score (nSPS) is 12.0. The van der Waals surface area contributed by atoms with Crippen LogP contribution in [0.25, 0.3) is 11.2 Å². The molecule has 0 radical (unpaired) electrons. The van der Waals surface area contributed by atoms with E-state index in [9.17, 15) is 38.7 Å². The summed E-state index contributed by atoms with van der Waals surface area (Å²) in [6, 6.07) is 9.37. The number of nitrogen functional groups attached to an aromatic ring is 2. The van der Waals surface area contributed by atoms with Gasteiger partial charge in [-0.3, -0.25) is 34.2 Å². The first-order valence-corrected chi connectivity index (χ1v) is 19.2. The Labute approximate surface area is 359 Å². The third-order valence-corrected chi connectivity index (χ3v) is 8.72. The minimum Gasteiger partial charge on any atom is -0.508 e. The van der Waals surface area contributed by atoms with Crippen LogP contribution in [0.5, 0.6) is 5.75 Å². The van der Waals surface area contributed by atoms with Crippen molar-refractivity contribution in [1.29, 1.82) is 0 Å². The zero-order chi connectivity index (χ0) is 46.5. The molecule has 0 bridgehead atoms. The Hall–Kier alpha value is -7.77. The molecule has 338 valence electrons. The van der Waals surface area contributed by atoms with E-state index >= 15 is 0 Å². The SMILES string of the molecule is NCCCC[C@H](N)C(=O)NCC(=O)NCC(=O)N[C@@H](Cc1ccc(O)cc1)C(=O)NN.Nc1nc(N)c2nc(CNc3ccc(C(=O)NC(CCC(=O)O)C(=O)O)cc3)cnc2n1. The number of hydrazine groups is 1. The number of carboxylic acids is 2. The zero-order valence-electron chi connectivity index (χ0n) is 33.9. The molecule has 5 amide bonds. The lowest BCUT2D eigenvalue weighted by Gasteiger charge is -2.17. The van der Waals surface area contributed by atoms with Crippen LogP contribution in [0.4, 0.5) is 17.5 Å². The summed E-state index contributed by atoms with van der Waals surface area (Å²) in [6.07, 6.45) is 2.98. The fourth-order valence-electron chi connectivity index (χ4n) is 5.37. The van der Waals surface area contributed by atoms with Crippen LogP contribution in [0.1, 0.15) is 53.7 Å². The van der Waals surface area contributed by atoms with Gasteiger partial charge in [0.25, 0.3) is 11.8 Å². The van der Waals surface area contributed by atoms with Gasteiger partial charge in [0.2, 0.25) is 23.7 Å². The number of fused-ring (bicyclic) bond motifs is 1. The van der Waals surface area contributed by atoms with Crippen LogP contribution in [0.2, 0.25) is 0 Å². The Balaban J connectivity index is 0.000000336. The summed E-state index contributed by atoms with van der Waals surface area (Å²) in [7, 11) is 0. The van der Waals surface area contributed by atoms with E-state index in [0.29, 0.717) is 48.4 Å². The second kappa shape index (κ2) is 25.1. The first-order chi connectivity index (χ1) is 30.0. The lowest BCUT2D eigenvalue weighted by Crippen LogP contribution is -2.52. The van der Waals surface area contributed by atoms with Gasteiger partial charge in [0.05, 0.1) is 37.6 Å². The van der Waals surface area contributed by atoms with Crippen molar-refractivity contribution in [2.24, 2.45) is 17.3 Å². The van der Waals surface area contributed by atoms with Gasteiger partial charge in [0.15, 0.2) is 17.0 Å². The molecule has 0 aliphatic rings. The van der Waals surface area contributed by atoms with Gasteiger partial charge in [-0.05, 0) is 67.8 Å². The van der Waals surface area contributed by atoms with Crippen LogP contribution in [0, 0.1) is 0 Å². The number of nitrogens with two attached hydrogens (primary N) is 5. The van der Waals surface area contributed by atoms with E-state index in [4.69, 9.17) is 39.0 Å². The van der Waals surface area contributed by atoms with Crippen molar-refractivity contribution >= 4 is 70.1 Å². The van der Waals surface area contributed by atoms with E-state index in [1.807, 2.05) is 5.43 Å². The second-order valence-electron chi connectivity index (χ2n) is 13.6. The standard InChI is InChI=1S/C19H20N8O5.C19H31N7O5/c20-15-14-16(27-19(21)26-15)23-8-11(24-14)7-22-10-3-1-9(2-4-10)17(30)25-12(18(31)32)5-6-13(28)29;20-8-2-1-3-14(21)18(30)24-10-16(28)23-11-17(29)25-15(19(31)26-22)9-12-4-6-13(27)7-5-12/h1-4,8,12,22H,5-7H2,(H,25,30)(H,28,29)(H,31,32)(H4,20,21,23,26,27);4-7,14-15,27H,1-3,8-11,20-22H2,(H,23,28)(H,24,30)(H,25,29)(H,26,31)/t;14-,15-/m.0/s1. The molecule has 25 heteroatoms. The largest absolute Gasteiger partial charge is 0.508 e. The molecule has 2 heterocycles. The van der Waals surface area contributed by atoms with E-state index in [1.165, 1.54) is 30.5 Å². The molecule has 0 saturated heterocycles. The second-order valence-corrected chi connectivity index (χ2v) is 13.6. The van der Waals surface area contributed by atoms with Crippen LogP contribution in [0.3, 0.4) is 0 Å². The fourth-order valence-corrected chi connectivity index (χ4v) is 5.37. The van der Waals surface area contributed by atoms with Gasteiger partial charge in [-0.15, -0.1) is 0 Å². The number of carbonyl (C=O) groups is 7. The van der Waals surface area contributed by atoms with Gasteiger partial charge >= 0.3 is 11.9 Å². The molecule has 0 fully saturated rings. The van der Waals surface area contributed by atoms with Crippen LogP contribution >= 0.6 is 0 Å². The summed E-state index contributed by atoms with van der Waals surface area (Å²) < 4.78 is 0. The Morgan fingerprint density at radius 2 is 1.44 bits per heavy atom. The summed E-state index contributed by atoms with van der Waals surface area (Å²) >= 11 is 0. The number of phenolic OH excluding ortho intramolecular Hbond substituents is 1. The minimum atomic E-state index is -1.30. The molecule has 4 rings (SSSR count). The van der Waals surface area contributed by atoms with Crippen molar-refractivity contribution in [2.45, 2.75) is 63.2 Å². The Bertz CT molecular complexity index is 2210. The van der Waals surface area contributed by atoms with E-state index in [-0.39, 0.29) is 54.5 Å². The number of aromatic hydroxyl groups is 1. The predicted molar refractivity (Wildman–Crippen MR) is 226 cm³/mol. The number of rotatable bonds is 22. The molecule has 63 heavy (non-hydrogen) atoms. The molecule has 0 aliphatic carbocycles. The topological polar surface area (TPSA) is 434 Å². The number of phenols is 1. The quantitative estimate of drug-likeness (QED) is 0.0166. The highest BCUT2D eigenvalue weighted by Gasteiger charge is 2.23. The molecule has 25 nitrogen and oxygen atoms in total. The molecular formula is C38H51N15O10. The molecule has 2 aromatic heterocycles. The van der Waals surface area contributed by atoms with Crippen molar-refractivity contribution in [3.8, 4) is 5.75 Å². The molecule has 0 aliphatic heterocycles. The monoisotopic (exact) mass is 877 g/mol. The summed E-state index contributed by atoms with van der Waals surface area (Å²) in [4.78, 5) is 98.2. The fraction of sp³-hybridized carbons (Fsp3) is 0.342. The summed E-state index contributed by atoms with van der Waals surface area (Å²) in [5.41, 5.74) is 27.2. The van der Waals surface area contributed by atoms with E-state index in [2.05, 4.69) is 46.5 Å². The van der Waals surface area contributed by atoms with Gasteiger partial charge in [0, 0.05) is 24.1 Å². The maximum absolute atomic E-state index is 12.3. The first-order valence-electron chi connectivity index (χ1n) is 19.2. The number of nitrogens with zero attached hydrogens (tertiary/aromatic N) is 4. The number of carbonyl (C=O) groups excluding carboxylic acids is 5. The van der Waals surface area contributed by atoms with Crippen LogP contribution in [-0.4, -0.2) is 114 Å². The number of benzene rings is 2. The smallest absolute Gasteiger partial charge is 0.326 e. The highest BCUT2D eigenvalue weighted by atomic mass is 16.4. The zero-order valence-corrected chi connectivity index (χ0v) is 33.9. The first kappa shape index (κ1) is 49.6. The number of hydrogen-bond acceptors (Lipinski definition) is 18. The number of anilines is 3. The Morgan fingerprint density at radius 1 is 0.762 bits per heavy atom. The lowest BCUT2D eigenvalue weighted by molar-refractivity contribution is -0.140. The van der Waals surface area contributed by atoms with Crippen LogP contribution < -0.4 is 60.8 Å². The Kier molecular flexibility index (Phi) is 19.8. The number of carboxylic acid groups (broad SMARTS) is 2. The van der Waals surface area contributed by atoms with Crippen LogP contribution in [-0.2, 0) is 41.7 Å². The number of nitrogens with one attached hydrogen (secondary N) is 6. The predicted octanol–water partition coefficient (Wildman–Crippen LogP) is -2.66. The average molecular weight is 878 g/mol. The van der Waals surface area contributed by atoms with Crippen molar-refractivity contribution < 1.29 is 48.9 Å². The van der Waals surface area contributed by atoms with E-state index in [0.717, 1.165) is 6.42 Å². The van der Waals surface area contributed by atoms with Gasteiger partial charge < -0.3 is 64.8 Å². The van der Waals surface area contributed by atoms with Gasteiger partial charge in [-0.25, -0.2) is 20.6 Å². The number of hydrogen-bond donors (Lipinski definition) is 14. The van der Waals surface area contributed by atoms with Crippen molar-refractivity contribution in [3.63, 3.8) is 0 Å². The van der Waals surface area contributed by atoms with Crippen molar-refractivity contribution in [3.05, 3.63) is 71.5 Å². The van der Waals surface area contributed by atoms with Gasteiger partial charge in [-0.2, -0.15) is 9.97 Å². The molecule has 0 saturated carbocycles. The van der Waals surface area contributed by atoms with E-state index in [1.54, 1.807) is 24.3 Å². The molecule has 19 N–H and O–H groups in total. The molecule has 2 aromatic carbocycles. The Morgan fingerprint density at radius 3 is 2.08 bits per heavy atom. The molecule has 3 atom stereocenters. The van der Waals surface area contributed by atoms with Crippen molar-refractivity contribution in [2.75, 3.05) is 36.4 Å². The third-order valence-electron chi connectivity index (χ3n) is 8.72. The van der Waals surface area contributed by atoms with Crippen molar-refractivity contribution in [1.82, 2.24) is 46.6 Å². The summed E-state index contributed by atoms with van der Waals surface area (Å²) in [6.45, 7) is 0.0776. The third kappa shape index (κ3) is 17.4. The lowest BCUT2D eigenvalue weighted by atomic mass is 10.1. The molecular weight excluding hydrogens is 827 g/mol. The number of unbranched alkanes of at least 4 members (excludes halogenated alkanes) is 1. The van der Waals surface area contributed by atoms with Gasteiger partial charge in [-0.1, -0.05) is 18.6 Å². The molecule has 0 spiro atoms. The average Bonchev–Trinajstić information content (AvgIpc) is 3.25. The summed E-state index contributed by atoms with van der Waals surface area (Å²) in [5, 5.41) is 39.8. The minimum absolute atomic E-state index is 0.0101. The van der Waals surface area contributed by atoms with Gasteiger partial charge in [0.1, 0.15) is 17.8 Å². The molecule has 4 aromatic rings. The maximum Gasteiger partial charge on any atom is 0.326 e. The number of amides is 5. The number of aliphatic carboxylic acids is 2. The number of aromatic nitrogens is 4. The highest BCUT2D eigenvalue weighted by Crippen LogP contribution is 2.16.